The fourth-order valence-corrected chi connectivity index (χ4v) is 3.22. The molecular weight excluding hydrogens is 334 g/mol. The summed E-state index contributed by atoms with van der Waals surface area (Å²) in [5, 5.41) is 15.4. The second kappa shape index (κ2) is 7.25. The highest BCUT2D eigenvalue weighted by Gasteiger charge is 2.22. The van der Waals surface area contributed by atoms with Gasteiger partial charge in [-0.05, 0) is 38.6 Å². The van der Waals surface area contributed by atoms with Gasteiger partial charge in [-0.1, -0.05) is 12.1 Å². The zero-order valence-electron chi connectivity index (χ0n) is 15.3. The first-order valence-electron chi connectivity index (χ1n) is 8.62. The predicted octanol–water partition coefficient (Wildman–Crippen LogP) is 1.84. The second-order valence-electron chi connectivity index (χ2n) is 6.73. The number of carbonyl (C=O) groups excluding carboxylic acids is 1. The average Bonchev–Trinajstić information content (AvgIpc) is 2.89. The molecule has 1 aliphatic heterocycles. The lowest BCUT2D eigenvalue weighted by molar-refractivity contribution is -0.386. The largest absolute Gasteiger partial charge is 0.336 e. The lowest BCUT2D eigenvalue weighted by atomic mass is 10.1. The third-order valence-corrected chi connectivity index (χ3v) is 4.85. The molecule has 0 saturated carbocycles. The van der Waals surface area contributed by atoms with E-state index >= 15 is 0 Å². The van der Waals surface area contributed by atoms with Crippen LogP contribution in [0.4, 0.5) is 5.69 Å². The zero-order chi connectivity index (χ0) is 18.8. The number of aromatic nitrogens is 2. The Morgan fingerprint density at radius 3 is 2.31 bits per heavy atom. The number of benzene rings is 1. The third-order valence-electron chi connectivity index (χ3n) is 4.85. The van der Waals surface area contributed by atoms with Crippen molar-refractivity contribution in [1.82, 2.24) is 19.6 Å². The highest BCUT2D eigenvalue weighted by atomic mass is 16.6. The van der Waals surface area contributed by atoms with E-state index in [1.54, 1.807) is 18.5 Å². The Hall–Kier alpha value is -2.74. The van der Waals surface area contributed by atoms with E-state index in [9.17, 15) is 14.9 Å². The number of rotatable bonds is 4. The molecule has 8 nitrogen and oxygen atoms in total. The molecule has 0 radical (unpaired) electrons. The van der Waals surface area contributed by atoms with Gasteiger partial charge in [0.05, 0.1) is 11.5 Å². The minimum atomic E-state index is -0.397. The maximum absolute atomic E-state index is 12.6. The van der Waals surface area contributed by atoms with Gasteiger partial charge in [-0.15, -0.1) is 0 Å². The molecule has 138 valence electrons. The maximum Gasteiger partial charge on any atom is 0.312 e. The number of nitrogens with zero attached hydrogens (tertiary/aromatic N) is 5. The molecule has 26 heavy (non-hydrogen) atoms. The Morgan fingerprint density at radius 1 is 1.15 bits per heavy atom. The lowest BCUT2D eigenvalue weighted by Crippen LogP contribution is -2.47. The summed E-state index contributed by atoms with van der Waals surface area (Å²) in [7, 11) is 2.06. The summed E-state index contributed by atoms with van der Waals surface area (Å²) in [5.41, 5.74) is 2.62. The molecule has 8 heteroatoms. The van der Waals surface area contributed by atoms with Crippen molar-refractivity contribution in [1.29, 1.82) is 0 Å². The molecule has 1 fully saturated rings. The van der Waals surface area contributed by atoms with Crippen molar-refractivity contribution in [2.75, 3.05) is 33.2 Å². The number of carbonyl (C=O) groups is 1. The van der Waals surface area contributed by atoms with Crippen LogP contribution in [0, 0.1) is 24.0 Å². The van der Waals surface area contributed by atoms with Crippen molar-refractivity contribution in [2.24, 2.45) is 0 Å². The Balaban J connectivity index is 1.71. The summed E-state index contributed by atoms with van der Waals surface area (Å²) in [4.78, 5) is 27.4. The van der Waals surface area contributed by atoms with Crippen molar-refractivity contribution < 1.29 is 9.72 Å². The van der Waals surface area contributed by atoms with Gasteiger partial charge in [-0.25, -0.2) is 0 Å². The fourth-order valence-electron chi connectivity index (χ4n) is 3.22. The topological polar surface area (TPSA) is 84.5 Å². The van der Waals surface area contributed by atoms with E-state index in [0.29, 0.717) is 23.5 Å². The monoisotopic (exact) mass is 357 g/mol. The summed E-state index contributed by atoms with van der Waals surface area (Å²) < 4.78 is 1.63. The molecule has 1 aliphatic rings. The van der Waals surface area contributed by atoms with Crippen LogP contribution in [0.15, 0.2) is 24.3 Å². The standard InChI is InChI=1S/C18H23N5O3/c1-13-17(23(25)26)14(2)22(19-13)12-15-4-6-16(7-5-15)18(24)21-10-8-20(3)9-11-21/h4-7H,8-12H2,1-3H3. The highest BCUT2D eigenvalue weighted by molar-refractivity contribution is 5.94. The van der Waals surface area contributed by atoms with Crippen LogP contribution in [0.3, 0.4) is 0 Å². The molecule has 0 atom stereocenters. The van der Waals surface area contributed by atoms with Gasteiger partial charge in [0.2, 0.25) is 0 Å². The molecule has 0 unspecified atom stereocenters. The minimum Gasteiger partial charge on any atom is -0.336 e. The summed E-state index contributed by atoms with van der Waals surface area (Å²) in [6.45, 7) is 7.03. The molecule has 0 bridgehead atoms. The van der Waals surface area contributed by atoms with Crippen LogP contribution in [-0.2, 0) is 6.54 Å². The average molecular weight is 357 g/mol. The van der Waals surface area contributed by atoms with Crippen molar-refractivity contribution in [3.63, 3.8) is 0 Å². The van der Waals surface area contributed by atoms with Crippen LogP contribution >= 0.6 is 0 Å². The van der Waals surface area contributed by atoms with E-state index in [1.807, 2.05) is 29.2 Å². The summed E-state index contributed by atoms with van der Waals surface area (Å²) in [6, 6.07) is 7.39. The molecule has 0 aliphatic carbocycles. The first-order chi connectivity index (χ1) is 12.4. The van der Waals surface area contributed by atoms with Crippen LogP contribution in [-0.4, -0.2) is 63.6 Å². The van der Waals surface area contributed by atoms with Gasteiger partial charge in [0, 0.05) is 31.7 Å². The number of aryl methyl sites for hydroxylation is 1. The molecule has 0 spiro atoms. The molecule has 1 saturated heterocycles. The number of likely N-dealkylation sites (N-methyl/N-ethyl adjacent to an activating group) is 1. The summed E-state index contributed by atoms with van der Waals surface area (Å²) in [5.74, 6) is 0.0476. The SMILES string of the molecule is Cc1nn(Cc2ccc(C(=O)N3CCN(C)CC3)cc2)c(C)c1[N+](=O)[O-]. The molecule has 1 amide bonds. The third kappa shape index (κ3) is 3.60. The van der Waals surface area contributed by atoms with E-state index in [-0.39, 0.29) is 11.6 Å². The molecule has 2 aromatic rings. The van der Waals surface area contributed by atoms with E-state index in [0.717, 1.165) is 31.7 Å². The molecule has 0 N–H and O–H groups in total. The van der Waals surface area contributed by atoms with Crippen molar-refractivity contribution in [2.45, 2.75) is 20.4 Å². The van der Waals surface area contributed by atoms with E-state index in [4.69, 9.17) is 0 Å². The zero-order valence-corrected chi connectivity index (χ0v) is 15.3. The van der Waals surface area contributed by atoms with Gasteiger partial charge in [0.1, 0.15) is 11.4 Å². The maximum atomic E-state index is 12.6. The molecule has 1 aromatic carbocycles. The van der Waals surface area contributed by atoms with Crippen molar-refractivity contribution in [3.05, 3.63) is 56.9 Å². The molecule has 2 heterocycles. The fraction of sp³-hybridized carbons (Fsp3) is 0.444. The quantitative estimate of drug-likeness (QED) is 0.616. The number of hydrogen-bond donors (Lipinski definition) is 0. The van der Waals surface area contributed by atoms with E-state index in [2.05, 4.69) is 17.0 Å². The second-order valence-corrected chi connectivity index (χ2v) is 6.73. The highest BCUT2D eigenvalue weighted by Crippen LogP contribution is 2.22. The summed E-state index contributed by atoms with van der Waals surface area (Å²) in [6.07, 6.45) is 0. The van der Waals surface area contributed by atoms with Gasteiger partial charge in [0.15, 0.2) is 0 Å². The van der Waals surface area contributed by atoms with Gasteiger partial charge >= 0.3 is 5.69 Å². The Bertz CT molecular complexity index is 820. The number of piperazine rings is 1. The van der Waals surface area contributed by atoms with Crippen LogP contribution < -0.4 is 0 Å². The van der Waals surface area contributed by atoms with Gasteiger partial charge in [-0.2, -0.15) is 5.10 Å². The van der Waals surface area contributed by atoms with E-state index in [1.165, 1.54) is 0 Å². The van der Waals surface area contributed by atoms with Gasteiger partial charge in [-0.3, -0.25) is 19.6 Å². The Labute approximate surface area is 152 Å². The van der Waals surface area contributed by atoms with Crippen LogP contribution in [0.2, 0.25) is 0 Å². The van der Waals surface area contributed by atoms with Crippen molar-refractivity contribution in [3.8, 4) is 0 Å². The predicted molar refractivity (Wildman–Crippen MR) is 97.3 cm³/mol. The Morgan fingerprint density at radius 2 is 1.77 bits per heavy atom. The molecule has 1 aromatic heterocycles. The smallest absolute Gasteiger partial charge is 0.312 e. The molecule has 3 rings (SSSR count). The first-order valence-corrected chi connectivity index (χ1v) is 8.62. The van der Waals surface area contributed by atoms with Gasteiger partial charge < -0.3 is 9.80 Å². The van der Waals surface area contributed by atoms with Gasteiger partial charge in [0.25, 0.3) is 5.91 Å². The number of amides is 1. The van der Waals surface area contributed by atoms with Crippen LogP contribution in [0.25, 0.3) is 0 Å². The number of nitro groups is 1. The lowest BCUT2D eigenvalue weighted by Gasteiger charge is -2.32. The van der Waals surface area contributed by atoms with Crippen LogP contribution in [0.5, 0.6) is 0 Å². The van der Waals surface area contributed by atoms with Crippen molar-refractivity contribution >= 4 is 11.6 Å². The first kappa shape index (κ1) is 18.1. The summed E-state index contributed by atoms with van der Waals surface area (Å²) >= 11 is 0. The molecular formula is C18H23N5O3. The number of hydrogen-bond acceptors (Lipinski definition) is 5. The van der Waals surface area contributed by atoms with E-state index < -0.39 is 4.92 Å². The minimum absolute atomic E-state index is 0.0476. The van der Waals surface area contributed by atoms with Crippen LogP contribution in [0.1, 0.15) is 27.3 Å². The Kier molecular flexibility index (Phi) is 5.03. The normalized spacial score (nSPS) is 15.3.